The Morgan fingerprint density at radius 1 is 1.13 bits per heavy atom. The van der Waals surface area contributed by atoms with Crippen molar-refractivity contribution in [1.29, 1.82) is 0 Å². The molecule has 1 N–H and O–H groups in total. The molecular weight excluding hydrogens is 388 g/mol. The third-order valence-electron chi connectivity index (χ3n) is 5.57. The summed E-state index contributed by atoms with van der Waals surface area (Å²) < 4.78 is 9.74. The molecule has 0 amide bonds. The van der Waals surface area contributed by atoms with Gasteiger partial charge in [-0.15, -0.1) is 0 Å². The fraction of sp³-hybridized carbons (Fsp3) is 0.714. The summed E-state index contributed by atoms with van der Waals surface area (Å²) in [6, 6.07) is 0. The van der Waals surface area contributed by atoms with Crippen molar-refractivity contribution >= 4 is 17.1 Å². The van der Waals surface area contributed by atoms with Crippen LogP contribution in [0.15, 0.2) is 9.59 Å². The van der Waals surface area contributed by atoms with E-state index >= 15 is 0 Å². The number of nitrogens with zero attached hydrogens (tertiary/aromatic N) is 4. The van der Waals surface area contributed by atoms with Crippen molar-refractivity contribution < 1.29 is 14.6 Å². The monoisotopic (exact) mass is 420 g/mol. The van der Waals surface area contributed by atoms with Gasteiger partial charge in [0.05, 0.1) is 18.6 Å². The molecule has 0 spiro atoms. The summed E-state index contributed by atoms with van der Waals surface area (Å²) in [5.41, 5.74) is -1.08. The third kappa shape index (κ3) is 4.08. The summed E-state index contributed by atoms with van der Waals surface area (Å²) in [4.78, 5) is 43.2. The van der Waals surface area contributed by atoms with Crippen LogP contribution in [-0.2, 0) is 29.4 Å². The van der Waals surface area contributed by atoms with Crippen molar-refractivity contribution in [3.63, 3.8) is 0 Å². The lowest BCUT2D eigenvalue weighted by Crippen LogP contribution is -2.41. The number of carbonyl (C=O) groups is 1. The quantitative estimate of drug-likeness (QED) is 0.686. The number of rotatable bonds is 7. The second-order valence-electron chi connectivity index (χ2n) is 8.98. The van der Waals surface area contributed by atoms with E-state index in [1.807, 2.05) is 6.92 Å². The van der Waals surface area contributed by atoms with Gasteiger partial charge >= 0.3 is 11.7 Å². The summed E-state index contributed by atoms with van der Waals surface area (Å²) >= 11 is 0. The van der Waals surface area contributed by atoms with Crippen LogP contribution in [0.3, 0.4) is 0 Å². The van der Waals surface area contributed by atoms with Crippen LogP contribution in [0.2, 0.25) is 0 Å². The number of aromatic nitrogens is 4. The number of aliphatic hydroxyl groups excluding tert-OH is 1. The van der Waals surface area contributed by atoms with E-state index in [1.165, 1.54) is 4.57 Å². The molecule has 9 heteroatoms. The minimum absolute atomic E-state index is 0.0942. The number of aliphatic hydroxyl groups is 1. The summed E-state index contributed by atoms with van der Waals surface area (Å²) in [7, 11) is 0. The van der Waals surface area contributed by atoms with Crippen LogP contribution in [0.25, 0.3) is 11.2 Å². The first-order chi connectivity index (χ1) is 14.2. The van der Waals surface area contributed by atoms with Crippen LogP contribution in [0.1, 0.15) is 71.5 Å². The van der Waals surface area contributed by atoms with Gasteiger partial charge in [-0.2, -0.15) is 0 Å². The molecule has 0 saturated heterocycles. The molecule has 0 radical (unpaired) electrons. The van der Waals surface area contributed by atoms with Crippen molar-refractivity contribution in [2.24, 2.45) is 5.41 Å². The Morgan fingerprint density at radius 2 is 1.80 bits per heavy atom. The zero-order valence-corrected chi connectivity index (χ0v) is 18.3. The van der Waals surface area contributed by atoms with Crippen LogP contribution in [-0.4, -0.2) is 36.4 Å². The van der Waals surface area contributed by atoms with Gasteiger partial charge in [-0.1, -0.05) is 19.8 Å². The predicted octanol–water partition coefficient (Wildman–Crippen LogP) is 1.97. The molecular formula is C21H32N4O5. The summed E-state index contributed by atoms with van der Waals surface area (Å²) in [5, 5.41) is 9.37. The molecule has 0 aromatic carbocycles. The van der Waals surface area contributed by atoms with Gasteiger partial charge in [0.1, 0.15) is 5.82 Å². The molecule has 0 atom stereocenters. The molecule has 0 bridgehead atoms. The van der Waals surface area contributed by atoms with Gasteiger partial charge in [0, 0.05) is 12.5 Å². The number of hydrogen-bond acceptors (Lipinski definition) is 6. The Morgan fingerprint density at radius 3 is 2.37 bits per heavy atom. The average molecular weight is 421 g/mol. The molecule has 166 valence electrons. The maximum atomic E-state index is 13.2. The Bertz CT molecular complexity index is 1030. The molecule has 2 aromatic heterocycles. The highest BCUT2D eigenvalue weighted by molar-refractivity contribution is 5.75. The lowest BCUT2D eigenvalue weighted by atomic mass is 9.98. The number of hydrogen-bond donors (Lipinski definition) is 1. The second-order valence-corrected chi connectivity index (χ2v) is 8.98. The topological polar surface area (TPSA) is 108 Å². The molecule has 9 nitrogen and oxygen atoms in total. The fourth-order valence-electron chi connectivity index (χ4n) is 4.00. The minimum Gasteiger partial charge on any atom is -0.443 e. The Labute approximate surface area is 175 Å². The highest BCUT2D eigenvalue weighted by Crippen LogP contribution is 2.34. The predicted molar refractivity (Wildman–Crippen MR) is 112 cm³/mol. The zero-order chi connectivity index (χ0) is 22.1. The first-order valence-corrected chi connectivity index (χ1v) is 10.7. The molecule has 2 heterocycles. The number of imidazole rings is 1. The van der Waals surface area contributed by atoms with Crippen LogP contribution >= 0.6 is 0 Å². The molecule has 2 aromatic rings. The smallest absolute Gasteiger partial charge is 0.332 e. The van der Waals surface area contributed by atoms with E-state index in [1.54, 1.807) is 25.3 Å². The molecule has 1 fully saturated rings. The van der Waals surface area contributed by atoms with Gasteiger partial charge in [0.2, 0.25) is 0 Å². The van der Waals surface area contributed by atoms with Gasteiger partial charge < -0.3 is 9.84 Å². The van der Waals surface area contributed by atoms with E-state index in [0.717, 1.165) is 30.3 Å². The van der Waals surface area contributed by atoms with E-state index in [4.69, 9.17) is 9.72 Å². The van der Waals surface area contributed by atoms with E-state index < -0.39 is 16.7 Å². The standard InChI is InChI=1S/C21H32N4O5/c1-5-10-23-17-15(18(27)24(11-12-26)20(23)29)25(13-30-19(28)21(2,3)4)16(22-17)14-8-6-7-9-14/h14,26H,5-13H2,1-4H3. The molecule has 3 rings (SSSR count). The van der Waals surface area contributed by atoms with Crippen LogP contribution < -0.4 is 11.2 Å². The average Bonchev–Trinajstić information content (AvgIpc) is 3.33. The SMILES string of the molecule is CCCn1c(=O)n(CCO)c(=O)c2c1nc(C1CCCC1)n2COC(=O)C(C)(C)C. The molecule has 1 saturated carbocycles. The van der Waals surface area contributed by atoms with Crippen molar-refractivity contribution in [3.8, 4) is 0 Å². The molecule has 0 unspecified atom stereocenters. The number of esters is 1. The number of carbonyl (C=O) groups excluding carboxylic acids is 1. The summed E-state index contributed by atoms with van der Waals surface area (Å²) in [6.45, 7) is 7.12. The normalized spacial score (nSPS) is 15.2. The Balaban J connectivity index is 2.24. The number of aryl methyl sites for hydroxylation is 1. The second kappa shape index (κ2) is 8.75. The maximum absolute atomic E-state index is 13.2. The summed E-state index contributed by atoms with van der Waals surface area (Å²) in [5.74, 6) is 0.466. The van der Waals surface area contributed by atoms with Crippen LogP contribution in [0.5, 0.6) is 0 Å². The lowest BCUT2D eigenvalue weighted by molar-refractivity contribution is -0.156. The molecule has 30 heavy (non-hydrogen) atoms. The highest BCUT2D eigenvalue weighted by atomic mass is 16.5. The number of fused-ring (bicyclic) bond motifs is 1. The van der Waals surface area contributed by atoms with Gasteiger partial charge in [-0.25, -0.2) is 9.78 Å². The fourth-order valence-corrected chi connectivity index (χ4v) is 4.00. The lowest BCUT2D eigenvalue weighted by Gasteiger charge is -2.19. The van der Waals surface area contributed by atoms with Gasteiger partial charge in [0.15, 0.2) is 17.9 Å². The number of ether oxygens (including phenoxy) is 1. The van der Waals surface area contributed by atoms with Gasteiger partial charge in [-0.3, -0.25) is 23.3 Å². The van der Waals surface area contributed by atoms with E-state index in [2.05, 4.69) is 0 Å². The molecule has 0 aliphatic heterocycles. The first kappa shape index (κ1) is 22.3. The van der Waals surface area contributed by atoms with Crippen molar-refractivity contribution in [1.82, 2.24) is 18.7 Å². The van der Waals surface area contributed by atoms with Crippen molar-refractivity contribution in [2.75, 3.05) is 6.61 Å². The Hall–Kier alpha value is -2.42. The van der Waals surface area contributed by atoms with Gasteiger partial charge in [-0.05, 0) is 40.0 Å². The highest BCUT2D eigenvalue weighted by Gasteiger charge is 2.29. The van der Waals surface area contributed by atoms with Crippen LogP contribution in [0, 0.1) is 5.41 Å². The van der Waals surface area contributed by atoms with Crippen molar-refractivity contribution in [3.05, 3.63) is 26.7 Å². The minimum atomic E-state index is -0.675. The van der Waals surface area contributed by atoms with E-state index in [0.29, 0.717) is 24.4 Å². The van der Waals surface area contributed by atoms with E-state index in [-0.39, 0.29) is 37.3 Å². The van der Waals surface area contributed by atoms with Gasteiger partial charge in [0.25, 0.3) is 5.56 Å². The summed E-state index contributed by atoms with van der Waals surface area (Å²) in [6.07, 6.45) is 4.73. The largest absolute Gasteiger partial charge is 0.443 e. The molecule has 1 aliphatic carbocycles. The van der Waals surface area contributed by atoms with Crippen LogP contribution in [0.4, 0.5) is 0 Å². The van der Waals surface area contributed by atoms with E-state index in [9.17, 15) is 19.5 Å². The first-order valence-electron chi connectivity index (χ1n) is 10.7. The Kier molecular flexibility index (Phi) is 6.50. The zero-order valence-electron chi connectivity index (χ0n) is 18.3. The third-order valence-corrected chi connectivity index (χ3v) is 5.57. The molecule has 1 aliphatic rings. The van der Waals surface area contributed by atoms with Crippen molar-refractivity contribution in [2.45, 2.75) is 85.5 Å². The maximum Gasteiger partial charge on any atom is 0.332 e.